The number of hydrogen-bond acceptors (Lipinski definition) is 6. The summed E-state index contributed by atoms with van der Waals surface area (Å²) in [5, 5.41) is 18.8. The number of nitrogens with two attached hydrogens (primary N) is 1. The number of aromatic amines is 1. The molecule has 1 aromatic carbocycles. The van der Waals surface area contributed by atoms with Crippen molar-refractivity contribution in [1.29, 1.82) is 5.26 Å². The van der Waals surface area contributed by atoms with Gasteiger partial charge >= 0.3 is 0 Å². The second-order valence-electron chi connectivity index (χ2n) is 3.38. The normalized spacial score (nSPS) is 9.21. The quantitative estimate of drug-likeness (QED) is 0.610. The number of H-pyrrole nitrogens is 1. The van der Waals surface area contributed by atoms with Gasteiger partial charge in [0.05, 0.1) is 11.3 Å². The summed E-state index contributed by atoms with van der Waals surface area (Å²) in [6.07, 6.45) is 5.91. The van der Waals surface area contributed by atoms with Crippen LogP contribution in [0.25, 0.3) is 5.69 Å². The minimum Gasteiger partial charge on any atom is -0.399 e. The third-order valence-electron chi connectivity index (χ3n) is 2.14. The summed E-state index contributed by atoms with van der Waals surface area (Å²) in [5.41, 5.74) is 7.28. The predicted octanol–water partition coefficient (Wildman–Crippen LogP) is 0.526. The average Bonchev–Trinajstić information content (AvgIpc) is 3.14. The van der Waals surface area contributed by atoms with Gasteiger partial charge in [0, 0.05) is 5.69 Å². The molecule has 8 heteroatoms. The van der Waals surface area contributed by atoms with Crippen molar-refractivity contribution in [3.63, 3.8) is 0 Å². The molecule has 0 spiro atoms. The number of aromatic nitrogens is 6. The minimum absolute atomic E-state index is 0.482. The Morgan fingerprint density at radius 2 is 2.16 bits per heavy atom. The third-order valence-corrected chi connectivity index (χ3v) is 2.14. The van der Waals surface area contributed by atoms with Crippen molar-refractivity contribution in [2.75, 3.05) is 5.73 Å². The molecular weight excluding hydrogens is 244 g/mol. The summed E-state index contributed by atoms with van der Waals surface area (Å²) < 4.78 is 1.53. The fourth-order valence-electron chi connectivity index (χ4n) is 1.34. The first-order valence-corrected chi connectivity index (χ1v) is 5.24. The molecule has 94 valence electrons. The lowest BCUT2D eigenvalue weighted by Gasteiger charge is -2.03. The number of rotatable bonds is 1. The molecule has 0 radical (unpaired) electrons. The van der Waals surface area contributed by atoms with Crippen LogP contribution in [0.2, 0.25) is 0 Å². The second kappa shape index (κ2) is 5.92. The van der Waals surface area contributed by atoms with Crippen LogP contribution in [-0.2, 0) is 0 Å². The largest absolute Gasteiger partial charge is 0.399 e. The van der Waals surface area contributed by atoms with Crippen LogP contribution in [0.4, 0.5) is 5.69 Å². The summed E-state index contributed by atoms with van der Waals surface area (Å²) in [7, 11) is 0. The summed E-state index contributed by atoms with van der Waals surface area (Å²) in [4.78, 5) is 7.36. The second-order valence-corrected chi connectivity index (χ2v) is 3.38. The highest BCUT2D eigenvalue weighted by Gasteiger charge is 2.04. The fourth-order valence-corrected chi connectivity index (χ4v) is 1.34. The Balaban J connectivity index is 0.000000224. The molecular formula is C11H10N8. The van der Waals surface area contributed by atoms with Crippen molar-refractivity contribution in [1.82, 2.24) is 29.9 Å². The molecule has 0 amide bonds. The Bertz CT molecular complexity index is 633. The van der Waals surface area contributed by atoms with Crippen LogP contribution in [0.3, 0.4) is 0 Å². The summed E-state index contributed by atoms with van der Waals surface area (Å²) in [6.45, 7) is 0. The minimum atomic E-state index is 0.482. The highest BCUT2D eigenvalue weighted by Crippen LogP contribution is 2.15. The van der Waals surface area contributed by atoms with E-state index in [1.54, 1.807) is 18.2 Å². The van der Waals surface area contributed by atoms with Gasteiger partial charge in [-0.05, 0) is 18.2 Å². The van der Waals surface area contributed by atoms with Crippen LogP contribution in [-0.4, -0.2) is 29.9 Å². The van der Waals surface area contributed by atoms with Crippen LogP contribution >= 0.6 is 0 Å². The zero-order valence-electron chi connectivity index (χ0n) is 9.80. The van der Waals surface area contributed by atoms with Crippen molar-refractivity contribution in [2.45, 2.75) is 0 Å². The van der Waals surface area contributed by atoms with E-state index in [0.717, 1.165) is 0 Å². The molecule has 0 saturated heterocycles. The Kier molecular flexibility index (Phi) is 3.82. The molecule has 0 unspecified atom stereocenters. The smallest absolute Gasteiger partial charge is 0.138 e. The molecule has 19 heavy (non-hydrogen) atoms. The van der Waals surface area contributed by atoms with E-state index in [1.807, 2.05) is 0 Å². The topological polar surface area (TPSA) is 122 Å². The molecule has 0 aliphatic carbocycles. The Morgan fingerprint density at radius 1 is 1.26 bits per heavy atom. The van der Waals surface area contributed by atoms with E-state index in [-0.39, 0.29) is 0 Å². The third kappa shape index (κ3) is 3.13. The highest BCUT2D eigenvalue weighted by molar-refractivity contribution is 5.56. The van der Waals surface area contributed by atoms with E-state index >= 15 is 0 Å². The van der Waals surface area contributed by atoms with Crippen LogP contribution in [0, 0.1) is 11.3 Å². The molecule has 0 atom stereocenters. The van der Waals surface area contributed by atoms with Gasteiger partial charge < -0.3 is 5.73 Å². The van der Waals surface area contributed by atoms with Gasteiger partial charge in [0.25, 0.3) is 0 Å². The first-order valence-electron chi connectivity index (χ1n) is 5.24. The van der Waals surface area contributed by atoms with Gasteiger partial charge in [-0.25, -0.2) is 14.6 Å². The molecule has 0 saturated carbocycles. The van der Waals surface area contributed by atoms with Gasteiger partial charge in [-0.15, -0.1) is 0 Å². The fraction of sp³-hybridized carbons (Fsp3) is 0. The number of nitrogens with zero attached hydrogens (tertiary/aromatic N) is 6. The van der Waals surface area contributed by atoms with Crippen molar-refractivity contribution >= 4 is 5.69 Å². The number of nitriles is 1. The Labute approximate surface area is 108 Å². The maximum absolute atomic E-state index is 8.87. The van der Waals surface area contributed by atoms with E-state index in [1.165, 1.54) is 30.0 Å². The lowest BCUT2D eigenvalue weighted by molar-refractivity contribution is 0.876. The Morgan fingerprint density at radius 3 is 2.68 bits per heavy atom. The van der Waals surface area contributed by atoms with E-state index in [2.05, 4.69) is 31.3 Å². The zero-order valence-corrected chi connectivity index (χ0v) is 9.80. The first-order chi connectivity index (χ1) is 9.31. The molecule has 3 aromatic rings. The van der Waals surface area contributed by atoms with Gasteiger partial charge in [-0.3, -0.25) is 5.10 Å². The Hall–Kier alpha value is -3.21. The van der Waals surface area contributed by atoms with Crippen LogP contribution < -0.4 is 5.73 Å². The molecule has 2 aromatic heterocycles. The van der Waals surface area contributed by atoms with Crippen LogP contribution in [0.15, 0.2) is 43.5 Å². The average molecular weight is 254 g/mol. The van der Waals surface area contributed by atoms with Gasteiger partial charge in [0.2, 0.25) is 0 Å². The number of hydrogen-bond donors (Lipinski definition) is 2. The SMILES string of the molecule is N#Cc1cc(N)ccc1-n1cncn1.c1nc[nH]n1. The lowest BCUT2D eigenvalue weighted by Crippen LogP contribution is -1.98. The van der Waals surface area contributed by atoms with E-state index in [9.17, 15) is 0 Å². The van der Waals surface area contributed by atoms with E-state index < -0.39 is 0 Å². The number of nitrogens with one attached hydrogen (secondary N) is 1. The number of benzene rings is 1. The van der Waals surface area contributed by atoms with Crippen molar-refractivity contribution in [3.05, 3.63) is 49.1 Å². The van der Waals surface area contributed by atoms with Crippen molar-refractivity contribution < 1.29 is 0 Å². The zero-order chi connectivity index (χ0) is 13.5. The predicted molar refractivity (Wildman–Crippen MR) is 66.9 cm³/mol. The molecule has 0 aliphatic heterocycles. The van der Waals surface area contributed by atoms with Gasteiger partial charge in [-0.1, -0.05) is 0 Å². The molecule has 3 rings (SSSR count). The molecule has 2 heterocycles. The van der Waals surface area contributed by atoms with Crippen molar-refractivity contribution in [2.24, 2.45) is 0 Å². The van der Waals surface area contributed by atoms with E-state index in [4.69, 9.17) is 11.0 Å². The summed E-state index contributed by atoms with van der Waals surface area (Å²) in [6, 6.07) is 7.12. The van der Waals surface area contributed by atoms with Crippen molar-refractivity contribution in [3.8, 4) is 11.8 Å². The summed E-state index contributed by atoms with van der Waals surface area (Å²) >= 11 is 0. The highest BCUT2D eigenvalue weighted by atomic mass is 15.3. The first kappa shape index (κ1) is 12.3. The maximum Gasteiger partial charge on any atom is 0.138 e. The number of nitrogen functional groups attached to an aromatic ring is 1. The lowest BCUT2D eigenvalue weighted by atomic mass is 10.2. The van der Waals surface area contributed by atoms with Gasteiger partial charge in [0.15, 0.2) is 0 Å². The number of anilines is 1. The standard InChI is InChI=1S/C9H7N5.C2H3N3/c10-4-7-3-8(11)1-2-9(7)14-6-12-5-13-14;1-3-2-5-4-1/h1-3,5-6H,11H2;1-2H,(H,3,4,5). The summed E-state index contributed by atoms with van der Waals surface area (Å²) in [5.74, 6) is 0. The van der Waals surface area contributed by atoms with Crippen LogP contribution in [0.5, 0.6) is 0 Å². The monoisotopic (exact) mass is 254 g/mol. The van der Waals surface area contributed by atoms with Crippen LogP contribution in [0.1, 0.15) is 5.56 Å². The van der Waals surface area contributed by atoms with E-state index in [0.29, 0.717) is 16.9 Å². The van der Waals surface area contributed by atoms with Gasteiger partial charge in [0.1, 0.15) is 31.4 Å². The molecule has 8 nitrogen and oxygen atoms in total. The maximum atomic E-state index is 8.87. The molecule has 0 bridgehead atoms. The molecule has 0 aliphatic rings. The van der Waals surface area contributed by atoms with Gasteiger partial charge in [-0.2, -0.15) is 15.5 Å². The molecule has 3 N–H and O–H groups in total. The molecule has 0 fully saturated rings.